The molecule has 0 bridgehead atoms. The zero-order valence-electron chi connectivity index (χ0n) is 10.9. The Morgan fingerprint density at radius 1 is 1.37 bits per heavy atom. The van der Waals surface area contributed by atoms with Gasteiger partial charge in [-0.25, -0.2) is 9.37 Å². The molecule has 1 aromatic heterocycles. The molecule has 0 unspecified atom stereocenters. The van der Waals surface area contributed by atoms with Gasteiger partial charge in [-0.15, -0.1) is 11.3 Å². The summed E-state index contributed by atoms with van der Waals surface area (Å²) in [6, 6.07) is 4.69. The van der Waals surface area contributed by atoms with Gasteiger partial charge < -0.3 is 10.5 Å². The summed E-state index contributed by atoms with van der Waals surface area (Å²) in [5.41, 5.74) is 7.20. The fourth-order valence-corrected chi connectivity index (χ4v) is 2.48. The molecule has 0 spiro atoms. The standard InChI is InChI=1S/C14H17FN2OS/c1-2-14-17-12(9-19-14)8-18-13-6-10(3-4-16)5-11(15)7-13/h5-7,9H,2-4,8,16H2,1H3. The van der Waals surface area contributed by atoms with Crippen LogP contribution < -0.4 is 10.5 Å². The lowest BCUT2D eigenvalue weighted by Crippen LogP contribution is -2.04. The lowest BCUT2D eigenvalue weighted by Gasteiger charge is -2.07. The molecule has 0 fully saturated rings. The maximum absolute atomic E-state index is 13.4. The highest BCUT2D eigenvalue weighted by atomic mass is 32.1. The van der Waals surface area contributed by atoms with Crippen molar-refractivity contribution in [3.05, 3.63) is 45.7 Å². The minimum absolute atomic E-state index is 0.298. The predicted molar refractivity (Wildman–Crippen MR) is 75.0 cm³/mol. The van der Waals surface area contributed by atoms with Crippen molar-refractivity contribution >= 4 is 11.3 Å². The number of ether oxygens (including phenoxy) is 1. The Bertz CT molecular complexity index is 542. The van der Waals surface area contributed by atoms with Gasteiger partial charge in [0.05, 0.1) is 10.7 Å². The van der Waals surface area contributed by atoms with Gasteiger partial charge in [-0.1, -0.05) is 6.92 Å². The van der Waals surface area contributed by atoms with E-state index < -0.39 is 0 Å². The lowest BCUT2D eigenvalue weighted by atomic mass is 10.1. The number of nitrogens with zero attached hydrogens (tertiary/aromatic N) is 1. The highest BCUT2D eigenvalue weighted by molar-refractivity contribution is 7.09. The molecule has 0 radical (unpaired) electrons. The van der Waals surface area contributed by atoms with E-state index in [9.17, 15) is 4.39 Å². The number of thiazole rings is 1. The second kappa shape index (κ2) is 6.63. The molecule has 0 amide bonds. The number of hydrogen-bond donors (Lipinski definition) is 1. The normalized spacial score (nSPS) is 10.7. The maximum Gasteiger partial charge on any atom is 0.131 e. The van der Waals surface area contributed by atoms with Gasteiger partial charge >= 0.3 is 0 Å². The number of benzene rings is 1. The summed E-state index contributed by atoms with van der Waals surface area (Å²) < 4.78 is 19.0. The van der Waals surface area contributed by atoms with Crippen LogP contribution in [0.1, 0.15) is 23.2 Å². The van der Waals surface area contributed by atoms with Crippen LogP contribution in [0.3, 0.4) is 0 Å². The summed E-state index contributed by atoms with van der Waals surface area (Å²) in [7, 11) is 0. The minimum Gasteiger partial charge on any atom is -0.487 e. The average Bonchev–Trinajstić information content (AvgIpc) is 2.84. The molecule has 19 heavy (non-hydrogen) atoms. The van der Waals surface area contributed by atoms with Crippen molar-refractivity contribution in [2.24, 2.45) is 5.73 Å². The van der Waals surface area contributed by atoms with E-state index in [1.54, 1.807) is 11.3 Å². The Kier molecular flexibility index (Phi) is 4.87. The summed E-state index contributed by atoms with van der Waals surface area (Å²) in [6.07, 6.45) is 1.57. The SMILES string of the molecule is CCc1nc(COc2cc(F)cc(CCN)c2)cs1. The van der Waals surface area contributed by atoms with E-state index >= 15 is 0 Å². The van der Waals surface area contributed by atoms with E-state index in [-0.39, 0.29) is 5.82 Å². The van der Waals surface area contributed by atoms with Crippen molar-refractivity contribution in [1.82, 2.24) is 4.98 Å². The molecular formula is C14H17FN2OS. The van der Waals surface area contributed by atoms with Crippen molar-refractivity contribution < 1.29 is 9.13 Å². The van der Waals surface area contributed by atoms with Gasteiger partial charge in [0.25, 0.3) is 0 Å². The first-order chi connectivity index (χ1) is 9.21. The maximum atomic E-state index is 13.4. The molecule has 2 aromatic rings. The molecule has 2 N–H and O–H groups in total. The first-order valence-corrected chi connectivity index (χ1v) is 7.15. The van der Waals surface area contributed by atoms with Crippen molar-refractivity contribution in [2.75, 3.05) is 6.54 Å². The Morgan fingerprint density at radius 3 is 2.89 bits per heavy atom. The molecule has 2 rings (SSSR count). The Morgan fingerprint density at radius 2 is 2.21 bits per heavy atom. The molecule has 102 valence electrons. The highest BCUT2D eigenvalue weighted by Gasteiger charge is 2.04. The van der Waals surface area contributed by atoms with E-state index in [4.69, 9.17) is 10.5 Å². The quantitative estimate of drug-likeness (QED) is 0.885. The molecule has 1 aromatic carbocycles. The lowest BCUT2D eigenvalue weighted by molar-refractivity contribution is 0.300. The third kappa shape index (κ3) is 4.01. The smallest absolute Gasteiger partial charge is 0.131 e. The molecule has 1 heterocycles. The zero-order valence-corrected chi connectivity index (χ0v) is 11.7. The van der Waals surface area contributed by atoms with Gasteiger partial charge in [0.15, 0.2) is 0 Å². The van der Waals surface area contributed by atoms with Crippen molar-refractivity contribution in [3.63, 3.8) is 0 Å². The van der Waals surface area contributed by atoms with E-state index in [0.717, 1.165) is 22.7 Å². The van der Waals surface area contributed by atoms with Crippen LogP contribution in [0.5, 0.6) is 5.75 Å². The largest absolute Gasteiger partial charge is 0.487 e. The molecule has 0 atom stereocenters. The van der Waals surface area contributed by atoms with Gasteiger partial charge in [-0.2, -0.15) is 0 Å². The Balaban J connectivity index is 2.02. The number of aromatic nitrogens is 1. The van der Waals surface area contributed by atoms with E-state index in [1.807, 2.05) is 11.4 Å². The number of nitrogens with two attached hydrogens (primary N) is 1. The third-order valence-corrected chi connectivity index (χ3v) is 3.69. The van der Waals surface area contributed by atoms with Gasteiger partial charge in [-0.3, -0.25) is 0 Å². The summed E-state index contributed by atoms with van der Waals surface area (Å²) in [6.45, 7) is 2.92. The minimum atomic E-state index is -0.298. The summed E-state index contributed by atoms with van der Waals surface area (Å²) >= 11 is 1.62. The first kappa shape index (κ1) is 14.0. The van der Waals surface area contributed by atoms with Crippen LogP contribution in [0, 0.1) is 5.82 Å². The van der Waals surface area contributed by atoms with Crippen LogP contribution in [-0.2, 0) is 19.4 Å². The van der Waals surface area contributed by atoms with Gasteiger partial charge in [0.1, 0.15) is 18.2 Å². The fraction of sp³-hybridized carbons (Fsp3) is 0.357. The molecule has 0 aliphatic heterocycles. The molecule has 0 saturated heterocycles. The van der Waals surface area contributed by atoms with Crippen LogP contribution in [0.25, 0.3) is 0 Å². The van der Waals surface area contributed by atoms with E-state index in [1.165, 1.54) is 12.1 Å². The monoisotopic (exact) mass is 280 g/mol. The van der Waals surface area contributed by atoms with Gasteiger partial charge in [-0.05, 0) is 37.1 Å². The van der Waals surface area contributed by atoms with E-state index in [0.29, 0.717) is 25.3 Å². The molecule has 0 aliphatic carbocycles. The highest BCUT2D eigenvalue weighted by Crippen LogP contribution is 2.19. The fourth-order valence-electron chi connectivity index (χ4n) is 1.75. The molecule has 0 saturated carbocycles. The Hall–Kier alpha value is -1.46. The number of aryl methyl sites for hydroxylation is 1. The predicted octanol–water partition coefficient (Wildman–Crippen LogP) is 2.92. The van der Waals surface area contributed by atoms with Crippen LogP contribution in [0.2, 0.25) is 0 Å². The summed E-state index contributed by atoms with van der Waals surface area (Å²) in [4.78, 5) is 4.40. The number of halogens is 1. The summed E-state index contributed by atoms with van der Waals surface area (Å²) in [5.74, 6) is 0.225. The van der Waals surface area contributed by atoms with Crippen molar-refractivity contribution in [1.29, 1.82) is 0 Å². The van der Waals surface area contributed by atoms with E-state index in [2.05, 4.69) is 11.9 Å². The molecule has 0 aliphatic rings. The molecule has 5 heteroatoms. The van der Waals surface area contributed by atoms with Crippen LogP contribution in [0.4, 0.5) is 4.39 Å². The summed E-state index contributed by atoms with van der Waals surface area (Å²) in [5, 5.41) is 3.06. The second-order valence-corrected chi connectivity index (χ2v) is 5.15. The Labute approximate surface area is 116 Å². The third-order valence-electron chi connectivity index (χ3n) is 2.65. The average molecular weight is 280 g/mol. The number of hydrogen-bond acceptors (Lipinski definition) is 4. The number of rotatable bonds is 6. The van der Waals surface area contributed by atoms with Crippen LogP contribution in [0.15, 0.2) is 23.6 Å². The molecular weight excluding hydrogens is 263 g/mol. The van der Waals surface area contributed by atoms with Crippen molar-refractivity contribution in [2.45, 2.75) is 26.4 Å². The zero-order chi connectivity index (χ0) is 13.7. The topological polar surface area (TPSA) is 48.1 Å². The first-order valence-electron chi connectivity index (χ1n) is 6.27. The van der Waals surface area contributed by atoms with Crippen LogP contribution >= 0.6 is 11.3 Å². The molecule has 3 nitrogen and oxygen atoms in total. The van der Waals surface area contributed by atoms with Gasteiger partial charge in [0.2, 0.25) is 0 Å². The van der Waals surface area contributed by atoms with Crippen molar-refractivity contribution in [3.8, 4) is 5.75 Å². The van der Waals surface area contributed by atoms with Crippen LogP contribution in [-0.4, -0.2) is 11.5 Å². The second-order valence-electron chi connectivity index (χ2n) is 4.21. The van der Waals surface area contributed by atoms with Gasteiger partial charge in [0, 0.05) is 11.4 Å².